The first-order valence-corrected chi connectivity index (χ1v) is 7.57. The Hall–Kier alpha value is -1.43. The van der Waals surface area contributed by atoms with Crippen molar-refractivity contribution in [3.8, 4) is 0 Å². The van der Waals surface area contributed by atoms with E-state index in [9.17, 15) is 4.79 Å². The molecule has 5 nitrogen and oxygen atoms in total. The fraction of sp³-hybridized carbons (Fsp3) is 0.562. The lowest BCUT2D eigenvalue weighted by atomic mass is 10.2. The average Bonchev–Trinajstić information content (AvgIpc) is 2.98. The number of nitrogens with one attached hydrogen (secondary N) is 2. The number of amides is 1. The third-order valence-electron chi connectivity index (χ3n) is 3.68. The summed E-state index contributed by atoms with van der Waals surface area (Å²) in [5.41, 5.74) is 0.841. The molecule has 0 radical (unpaired) electrons. The van der Waals surface area contributed by atoms with Crippen LogP contribution in [0.2, 0.25) is 0 Å². The number of hydrogen-bond acceptors (Lipinski definition) is 4. The van der Waals surface area contributed by atoms with Crippen LogP contribution in [-0.2, 0) is 9.53 Å². The second-order valence-corrected chi connectivity index (χ2v) is 5.44. The van der Waals surface area contributed by atoms with E-state index in [0.717, 1.165) is 25.3 Å². The number of carbonyl (C=O) groups is 1. The molecule has 0 saturated carbocycles. The van der Waals surface area contributed by atoms with Gasteiger partial charge < -0.3 is 15.4 Å². The summed E-state index contributed by atoms with van der Waals surface area (Å²) in [5, 5.41) is 6.40. The third-order valence-corrected chi connectivity index (χ3v) is 3.68. The number of benzene rings is 1. The molecule has 0 aromatic heterocycles. The van der Waals surface area contributed by atoms with Crippen molar-refractivity contribution in [2.75, 3.05) is 45.2 Å². The second kappa shape index (κ2) is 8.77. The van der Waals surface area contributed by atoms with Gasteiger partial charge in [0.15, 0.2) is 0 Å². The van der Waals surface area contributed by atoms with Gasteiger partial charge in [-0.25, -0.2) is 0 Å². The van der Waals surface area contributed by atoms with Gasteiger partial charge in [0.2, 0.25) is 5.91 Å². The van der Waals surface area contributed by atoms with Gasteiger partial charge in [-0.2, -0.15) is 0 Å². The van der Waals surface area contributed by atoms with Crippen molar-refractivity contribution >= 4 is 11.6 Å². The third kappa shape index (κ3) is 5.83. The van der Waals surface area contributed by atoms with E-state index in [1.54, 1.807) is 7.11 Å². The minimum Gasteiger partial charge on any atom is -0.383 e. The number of para-hydroxylation sites is 1. The van der Waals surface area contributed by atoms with Crippen molar-refractivity contribution < 1.29 is 9.53 Å². The number of rotatable bonds is 8. The van der Waals surface area contributed by atoms with Crippen molar-refractivity contribution in [1.82, 2.24) is 10.2 Å². The van der Waals surface area contributed by atoms with Gasteiger partial charge >= 0.3 is 0 Å². The highest BCUT2D eigenvalue weighted by atomic mass is 16.5. The number of anilines is 1. The summed E-state index contributed by atoms with van der Waals surface area (Å²) in [6.45, 7) is 3.79. The fourth-order valence-electron chi connectivity index (χ4n) is 2.60. The SMILES string of the molecule is COCCN(CC(=O)Nc1ccccc1)CC1CCCN1. The van der Waals surface area contributed by atoms with Crippen LogP contribution in [0.15, 0.2) is 30.3 Å². The van der Waals surface area contributed by atoms with E-state index in [0.29, 0.717) is 19.2 Å². The van der Waals surface area contributed by atoms with Crippen molar-refractivity contribution in [2.24, 2.45) is 0 Å². The predicted molar refractivity (Wildman–Crippen MR) is 84.4 cm³/mol. The zero-order chi connectivity index (χ0) is 14.9. The summed E-state index contributed by atoms with van der Waals surface area (Å²) in [6.07, 6.45) is 2.41. The highest BCUT2D eigenvalue weighted by Gasteiger charge is 2.19. The first kappa shape index (κ1) is 15.9. The van der Waals surface area contributed by atoms with E-state index >= 15 is 0 Å². The number of nitrogens with zero attached hydrogens (tertiary/aromatic N) is 1. The van der Waals surface area contributed by atoms with Crippen LogP contribution < -0.4 is 10.6 Å². The molecule has 2 rings (SSSR count). The molecule has 0 spiro atoms. The lowest BCUT2D eigenvalue weighted by Gasteiger charge is -2.24. The van der Waals surface area contributed by atoms with Gasteiger partial charge in [-0.1, -0.05) is 18.2 Å². The Labute approximate surface area is 126 Å². The van der Waals surface area contributed by atoms with Crippen LogP contribution in [0.1, 0.15) is 12.8 Å². The van der Waals surface area contributed by atoms with Crippen molar-refractivity contribution in [1.29, 1.82) is 0 Å². The Morgan fingerprint density at radius 1 is 1.43 bits per heavy atom. The van der Waals surface area contributed by atoms with E-state index in [1.165, 1.54) is 12.8 Å². The largest absolute Gasteiger partial charge is 0.383 e. The summed E-state index contributed by atoms with van der Waals surface area (Å²) in [6, 6.07) is 10.1. The topological polar surface area (TPSA) is 53.6 Å². The molecule has 21 heavy (non-hydrogen) atoms. The monoisotopic (exact) mass is 291 g/mol. The van der Waals surface area contributed by atoms with E-state index in [1.807, 2.05) is 30.3 Å². The Bertz CT molecular complexity index is 419. The summed E-state index contributed by atoms with van der Waals surface area (Å²) < 4.78 is 5.14. The molecule has 0 aliphatic carbocycles. The van der Waals surface area contributed by atoms with Crippen molar-refractivity contribution in [3.05, 3.63) is 30.3 Å². The Morgan fingerprint density at radius 2 is 2.24 bits per heavy atom. The van der Waals surface area contributed by atoms with Crippen molar-refractivity contribution in [2.45, 2.75) is 18.9 Å². The van der Waals surface area contributed by atoms with E-state index in [4.69, 9.17) is 4.74 Å². The molecule has 1 amide bonds. The molecular formula is C16H25N3O2. The molecule has 1 aromatic rings. The van der Waals surface area contributed by atoms with Gasteiger partial charge in [-0.05, 0) is 31.5 Å². The van der Waals surface area contributed by atoms with Crippen LogP contribution in [0, 0.1) is 0 Å². The average molecular weight is 291 g/mol. The van der Waals surface area contributed by atoms with Crippen LogP contribution in [-0.4, -0.2) is 56.7 Å². The molecule has 5 heteroatoms. The smallest absolute Gasteiger partial charge is 0.238 e. The Balaban J connectivity index is 1.82. The molecule has 1 heterocycles. The molecule has 1 fully saturated rings. The fourth-order valence-corrected chi connectivity index (χ4v) is 2.60. The van der Waals surface area contributed by atoms with Crippen LogP contribution in [0.25, 0.3) is 0 Å². The molecule has 1 aliphatic rings. The maximum absolute atomic E-state index is 12.1. The molecule has 1 unspecified atom stereocenters. The van der Waals surface area contributed by atoms with Gasteiger partial charge in [-0.15, -0.1) is 0 Å². The maximum atomic E-state index is 12.1. The molecule has 2 N–H and O–H groups in total. The van der Waals surface area contributed by atoms with E-state index in [2.05, 4.69) is 15.5 Å². The standard InChI is InChI=1S/C16H25N3O2/c1-21-11-10-19(12-15-8-5-9-17-15)13-16(20)18-14-6-3-2-4-7-14/h2-4,6-7,15,17H,5,8-13H2,1H3,(H,18,20). The van der Waals surface area contributed by atoms with Gasteiger partial charge in [0, 0.05) is 31.9 Å². The molecule has 1 atom stereocenters. The molecular weight excluding hydrogens is 266 g/mol. The number of carbonyl (C=O) groups excluding carboxylic acids is 1. The number of ether oxygens (including phenoxy) is 1. The van der Waals surface area contributed by atoms with Crippen LogP contribution in [0.3, 0.4) is 0 Å². The first-order valence-electron chi connectivity index (χ1n) is 7.57. The summed E-state index contributed by atoms with van der Waals surface area (Å²) in [5.74, 6) is 0.0234. The Morgan fingerprint density at radius 3 is 2.90 bits per heavy atom. The molecule has 116 valence electrons. The normalized spacial score (nSPS) is 18.1. The number of methoxy groups -OCH3 is 1. The van der Waals surface area contributed by atoms with Gasteiger partial charge in [0.05, 0.1) is 13.2 Å². The maximum Gasteiger partial charge on any atom is 0.238 e. The van der Waals surface area contributed by atoms with Crippen LogP contribution in [0.4, 0.5) is 5.69 Å². The summed E-state index contributed by atoms with van der Waals surface area (Å²) >= 11 is 0. The summed E-state index contributed by atoms with van der Waals surface area (Å²) in [4.78, 5) is 14.3. The minimum absolute atomic E-state index is 0.0234. The zero-order valence-electron chi connectivity index (χ0n) is 12.7. The van der Waals surface area contributed by atoms with Gasteiger partial charge in [-0.3, -0.25) is 9.69 Å². The molecule has 1 aromatic carbocycles. The highest BCUT2D eigenvalue weighted by molar-refractivity contribution is 5.92. The van der Waals surface area contributed by atoms with Gasteiger partial charge in [0.25, 0.3) is 0 Å². The summed E-state index contributed by atoms with van der Waals surface area (Å²) in [7, 11) is 1.69. The van der Waals surface area contributed by atoms with Gasteiger partial charge in [0.1, 0.15) is 0 Å². The molecule has 0 bridgehead atoms. The molecule has 1 aliphatic heterocycles. The van der Waals surface area contributed by atoms with Crippen LogP contribution in [0.5, 0.6) is 0 Å². The lowest BCUT2D eigenvalue weighted by molar-refractivity contribution is -0.117. The quantitative estimate of drug-likeness (QED) is 0.758. The zero-order valence-corrected chi connectivity index (χ0v) is 12.7. The van der Waals surface area contributed by atoms with E-state index in [-0.39, 0.29) is 5.91 Å². The van der Waals surface area contributed by atoms with Crippen LogP contribution >= 0.6 is 0 Å². The van der Waals surface area contributed by atoms with Crippen molar-refractivity contribution in [3.63, 3.8) is 0 Å². The Kier molecular flexibility index (Phi) is 6.66. The lowest BCUT2D eigenvalue weighted by Crippen LogP contribution is -2.42. The van der Waals surface area contributed by atoms with E-state index < -0.39 is 0 Å². The predicted octanol–water partition coefficient (Wildman–Crippen LogP) is 1.33. The first-order chi connectivity index (χ1) is 10.3. The highest BCUT2D eigenvalue weighted by Crippen LogP contribution is 2.08. The number of hydrogen-bond donors (Lipinski definition) is 2. The second-order valence-electron chi connectivity index (χ2n) is 5.44. The minimum atomic E-state index is 0.0234. The molecule has 1 saturated heterocycles.